The Morgan fingerprint density at radius 1 is 1.13 bits per heavy atom. The smallest absolute Gasteiger partial charge is 0.253 e. The van der Waals surface area contributed by atoms with E-state index < -0.39 is 0 Å². The van der Waals surface area contributed by atoms with Crippen molar-refractivity contribution in [2.75, 3.05) is 26.2 Å². The minimum absolute atomic E-state index is 0.0329. The van der Waals surface area contributed by atoms with Crippen molar-refractivity contribution >= 4 is 23.2 Å². The van der Waals surface area contributed by atoms with Crippen LogP contribution in [0.4, 0.5) is 0 Å². The maximum absolute atomic E-state index is 12.8. The maximum atomic E-state index is 12.8. The lowest BCUT2D eigenvalue weighted by molar-refractivity contribution is 0.0724. The predicted octanol–water partition coefficient (Wildman–Crippen LogP) is 4.41. The van der Waals surface area contributed by atoms with E-state index >= 15 is 0 Å². The van der Waals surface area contributed by atoms with Crippen molar-refractivity contribution in [3.05, 3.63) is 57.8 Å². The number of likely N-dealkylation sites (tertiary alicyclic amines) is 1. The van der Waals surface area contributed by atoms with Crippen LogP contribution in [0.5, 0.6) is 0 Å². The highest BCUT2D eigenvalue weighted by Crippen LogP contribution is 2.26. The SMILES string of the molecule is CCNC(=NCc1cccc(C(=O)N2CCCCC2)c1)NCC(C)(C)c1cccs1. The Balaban J connectivity index is 1.63. The van der Waals surface area contributed by atoms with Crippen molar-refractivity contribution < 1.29 is 4.79 Å². The van der Waals surface area contributed by atoms with Crippen LogP contribution in [-0.2, 0) is 12.0 Å². The Morgan fingerprint density at radius 3 is 2.63 bits per heavy atom. The molecule has 0 radical (unpaired) electrons. The highest BCUT2D eigenvalue weighted by molar-refractivity contribution is 7.10. The number of nitrogens with one attached hydrogen (secondary N) is 2. The van der Waals surface area contributed by atoms with Crippen LogP contribution in [0.25, 0.3) is 0 Å². The fourth-order valence-electron chi connectivity index (χ4n) is 3.65. The molecule has 0 saturated carbocycles. The molecule has 30 heavy (non-hydrogen) atoms. The number of rotatable bonds is 7. The third-order valence-corrected chi connectivity index (χ3v) is 6.70. The van der Waals surface area contributed by atoms with Gasteiger partial charge in [-0.15, -0.1) is 11.3 Å². The van der Waals surface area contributed by atoms with Crippen molar-refractivity contribution in [3.63, 3.8) is 0 Å². The van der Waals surface area contributed by atoms with Gasteiger partial charge in [0, 0.05) is 42.0 Å². The summed E-state index contributed by atoms with van der Waals surface area (Å²) in [5.41, 5.74) is 1.85. The fourth-order valence-corrected chi connectivity index (χ4v) is 4.50. The molecule has 6 heteroatoms. The molecule has 3 rings (SSSR count). The number of nitrogens with zero attached hydrogens (tertiary/aromatic N) is 2. The minimum atomic E-state index is 0.0329. The zero-order valence-corrected chi connectivity index (χ0v) is 19.2. The van der Waals surface area contributed by atoms with E-state index in [1.807, 2.05) is 29.2 Å². The van der Waals surface area contributed by atoms with Gasteiger partial charge in [-0.25, -0.2) is 4.99 Å². The Hall–Kier alpha value is -2.34. The molecule has 2 N–H and O–H groups in total. The van der Waals surface area contributed by atoms with E-state index in [0.29, 0.717) is 6.54 Å². The Morgan fingerprint density at radius 2 is 1.93 bits per heavy atom. The number of piperidine rings is 1. The van der Waals surface area contributed by atoms with E-state index in [-0.39, 0.29) is 11.3 Å². The molecule has 1 aromatic heterocycles. The third-order valence-electron chi connectivity index (χ3n) is 5.47. The van der Waals surface area contributed by atoms with Gasteiger partial charge in [-0.05, 0) is 55.3 Å². The first kappa shape index (κ1) is 22.3. The van der Waals surface area contributed by atoms with Crippen LogP contribution in [0.2, 0.25) is 0 Å². The molecule has 5 nitrogen and oxygen atoms in total. The van der Waals surface area contributed by atoms with E-state index in [9.17, 15) is 4.79 Å². The van der Waals surface area contributed by atoms with Crippen molar-refractivity contribution in [1.29, 1.82) is 0 Å². The van der Waals surface area contributed by atoms with Crippen LogP contribution in [0.3, 0.4) is 0 Å². The molecule has 1 aliphatic rings. The van der Waals surface area contributed by atoms with Crippen molar-refractivity contribution in [1.82, 2.24) is 15.5 Å². The zero-order valence-electron chi connectivity index (χ0n) is 18.4. The summed E-state index contributed by atoms with van der Waals surface area (Å²) in [6.45, 7) is 10.4. The number of guanidine groups is 1. The molecular weight excluding hydrogens is 392 g/mol. The summed E-state index contributed by atoms with van der Waals surface area (Å²) in [6, 6.07) is 12.2. The summed E-state index contributed by atoms with van der Waals surface area (Å²) in [6.07, 6.45) is 3.44. The van der Waals surface area contributed by atoms with E-state index in [4.69, 9.17) is 4.99 Å². The van der Waals surface area contributed by atoms with Crippen LogP contribution in [0.1, 0.15) is 60.8 Å². The van der Waals surface area contributed by atoms with Crippen LogP contribution < -0.4 is 10.6 Å². The quantitative estimate of drug-likeness (QED) is 0.509. The van der Waals surface area contributed by atoms with E-state index in [1.165, 1.54) is 11.3 Å². The molecule has 0 bridgehead atoms. The first-order chi connectivity index (χ1) is 14.5. The Labute approximate surface area is 184 Å². The number of aliphatic imine (C=N–C) groups is 1. The molecule has 1 aliphatic heterocycles. The number of hydrogen-bond donors (Lipinski definition) is 2. The second kappa shape index (κ2) is 10.6. The number of hydrogen-bond acceptors (Lipinski definition) is 3. The molecule has 0 unspecified atom stereocenters. The lowest BCUT2D eigenvalue weighted by Crippen LogP contribution is -2.43. The van der Waals surface area contributed by atoms with Gasteiger partial charge in [0.1, 0.15) is 0 Å². The van der Waals surface area contributed by atoms with Crippen LogP contribution in [0, 0.1) is 0 Å². The summed E-state index contributed by atoms with van der Waals surface area (Å²) < 4.78 is 0. The third kappa shape index (κ3) is 6.08. The average molecular weight is 427 g/mol. The van der Waals surface area contributed by atoms with Gasteiger partial charge < -0.3 is 15.5 Å². The van der Waals surface area contributed by atoms with Crippen LogP contribution in [-0.4, -0.2) is 42.9 Å². The molecule has 2 heterocycles. The Bertz CT molecular complexity index is 839. The molecule has 2 aromatic rings. The second-order valence-corrected chi connectivity index (χ2v) is 9.41. The highest BCUT2D eigenvalue weighted by Gasteiger charge is 2.22. The summed E-state index contributed by atoms with van der Waals surface area (Å²) in [7, 11) is 0. The first-order valence-corrected chi connectivity index (χ1v) is 11.8. The van der Waals surface area contributed by atoms with E-state index in [0.717, 1.165) is 56.1 Å². The number of benzene rings is 1. The summed E-state index contributed by atoms with van der Waals surface area (Å²) in [5.74, 6) is 0.943. The molecule has 1 aromatic carbocycles. The average Bonchev–Trinajstić information content (AvgIpc) is 3.32. The summed E-state index contributed by atoms with van der Waals surface area (Å²) in [5, 5.41) is 8.93. The van der Waals surface area contributed by atoms with Gasteiger partial charge in [0.2, 0.25) is 0 Å². The lowest BCUT2D eigenvalue weighted by atomic mass is 9.91. The van der Waals surface area contributed by atoms with Crippen LogP contribution in [0.15, 0.2) is 46.8 Å². The lowest BCUT2D eigenvalue weighted by Gasteiger charge is -2.26. The van der Waals surface area contributed by atoms with E-state index in [2.05, 4.69) is 48.9 Å². The number of thiophene rings is 1. The van der Waals surface area contributed by atoms with Crippen molar-refractivity contribution in [3.8, 4) is 0 Å². The monoisotopic (exact) mass is 426 g/mol. The van der Waals surface area contributed by atoms with Crippen LogP contribution >= 0.6 is 11.3 Å². The maximum Gasteiger partial charge on any atom is 0.253 e. The predicted molar refractivity (Wildman–Crippen MR) is 126 cm³/mol. The van der Waals surface area contributed by atoms with E-state index in [1.54, 1.807) is 11.3 Å². The standard InChI is InChI=1S/C24H34N4OS/c1-4-25-23(27-18-24(2,3)21-12-9-15-30-21)26-17-19-10-8-11-20(16-19)22(29)28-13-6-5-7-14-28/h8-12,15-16H,4-7,13-14,17-18H2,1-3H3,(H2,25,26,27). The van der Waals surface area contributed by atoms with Gasteiger partial charge in [0.15, 0.2) is 5.96 Å². The largest absolute Gasteiger partial charge is 0.357 e. The number of carbonyl (C=O) groups excluding carboxylic acids is 1. The van der Waals surface area contributed by atoms with Crippen molar-refractivity contribution in [2.45, 2.75) is 52.0 Å². The molecule has 1 saturated heterocycles. The zero-order chi connectivity index (χ0) is 21.4. The number of carbonyl (C=O) groups is 1. The van der Waals surface area contributed by atoms with Gasteiger partial charge in [-0.3, -0.25) is 4.79 Å². The van der Waals surface area contributed by atoms with Crippen molar-refractivity contribution in [2.24, 2.45) is 4.99 Å². The first-order valence-electron chi connectivity index (χ1n) is 10.9. The molecule has 1 fully saturated rings. The topological polar surface area (TPSA) is 56.7 Å². The molecule has 1 amide bonds. The highest BCUT2D eigenvalue weighted by atomic mass is 32.1. The van der Waals surface area contributed by atoms with Gasteiger partial charge >= 0.3 is 0 Å². The van der Waals surface area contributed by atoms with Gasteiger partial charge in [0.05, 0.1) is 6.54 Å². The summed E-state index contributed by atoms with van der Waals surface area (Å²) in [4.78, 5) is 20.9. The molecule has 0 spiro atoms. The molecule has 162 valence electrons. The molecule has 0 aliphatic carbocycles. The van der Waals surface area contributed by atoms with Gasteiger partial charge in [-0.1, -0.05) is 32.0 Å². The molecular formula is C24H34N4OS. The fraction of sp³-hybridized carbons (Fsp3) is 0.500. The molecule has 0 atom stereocenters. The minimum Gasteiger partial charge on any atom is -0.357 e. The number of amides is 1. The van der Waals surface area contributed by atoms with Gasteiger partial charge in [0.25, 0.3) is 5.91 Å². The normalized spacial score (nSPS) is 15.2. The summed E-state index contributed by atoms with van der Waals surface area (Å²) >= 11 is 1.78. The second-order valence-electron chi connectivity index (χ2n) is 8.46. The Kier molecular flexibility index (Phi) is 7.91. The van der Waals surface area contributed by atoms with Gasteiger partial charge in [-0.2, -0.15) is 0 Å².